The fourth-order valence-corrected chi connectivity index (χ4v) is 2.95. The van der Waals surface area contributed by atoms with E-state index in [1.54, 1.807) is 0 Å². The molecule has 0 aromatic carbocycles. The molecule has 0 aromatic rings. The minimum atomic E-state index is -0.932. The van der Waals surface area contributed by atoms with Crippen LogP contribution in [0.3, 0.4) is 0 Å². The second-order valence-corrected chi connectivity index (χ2v) is 8.73. The molecular formula is C23H49NO2. The minimum absolute atomic E-state index is 0.216. The van der Waals surface area contributed by atoms with Gasteiger partial charge in [-0.25, -0.2) is 0 Å². The van der Waals surface area contributed by atoms with Crippen molar-refractivity contribution < 1.29 is 14.4 Å². The van der Waals surface area contributed by atoms with Crippen LogP contribution in [0.2, 0.25) is 0 Å². The van der Waals surface area contributed by atoms with Crippen LogP contribution in [-0.2, 0) is 4.79 Å². The minimum Gasteiger partial charge on any atom is -0.550 e. The maximum Gasteiger partial charge on any atom is 0.0780 e. The summed E-state index contributed by atoms with van der Waals surface area (Å²) in [6.45, 7) is 5.66. The van der Waals surface area contributed by atoms with Crippen LogP contribution in [0.25, 0.3) is 0 Å². The van der Waals surface area contributed by atoms with Crippen LogP contribution >= 0.6 is 0 Å². The van der Waals surface area contributed by atoms with Gasteiger partial charge in [0.25, 0.3) is 0 Å². The van der Waals surface area contributed by atoms with E-state index in [2.05, 4.69) is 28.1 Å². The molecule has 0 bridgehead atoms. The van der Waals surface area contributed by atoms with Crippen molar-refractivity contribution in [1.82, 2.24) is 0 Å². The van der Waals surface area contributed by atoms with E-state index in [0.29, 0.717) is 0 Å². The summed E-state index contributed by atoms with van der Waals surface area (Å²) in [6.07, 6.45) is 20.4. The molecule has 0 amide bonds. The summed E-state index contributed by atoms with van der Waals surface area (Å²) in [5.74, 6) is -0.932. The first-order chi connectivity index (χ1) is 12.3. The van der Waals surface area contributed by atoms with E-state index >= 15 is 0 Å². The van der Waals surface area contributed by atoms with Crippen molar-refractivity contribution in [3.05, 3.63) is 0 Å². The Morgan fingerprint density at radius 1 is 0.615 bits per heavy atom. The number of quaternary nitrogens is 1. The highest BCUT2D eigenvalue weighted by Crippen LogP contribution is 2.12. The van der Waals surface area contributed by atoms with Crippen LogP contribution in [0.15, 0.2) is 0 Å². The van der Waals surface area contributed by atoms with Gasteiger partial charge in [0.05, 0.1) is 27.7 Å². The summed E-state index contributed by atoms with van der Waals surface area (Å²) in [7, 11) is 6.87. The maximum atomic E-state index is 9.76. The quantitative estimate of drug-likeness (QED) is 0.243. The fourth-order valence-electron chi connectivity index (χ4n) is 2.95. The van der Waals surface area contributed by atoms with Crippen molar-refractivity contribution in [3.63, 3.8) is 0 Å². The Morgan fingerprint density at radius 3 is 1.31 bits per heavy atom. The Bertz CT molecular complexity index is 284. The topological polar surface area (TPSA) is 40.1 Å². The Hall–Kier alpha value is -0.570. The lowest BCUT2D eigenvalue weighted by atomic mass is 10.1. The number of unbranched alkanes of at least 4 members (excludes halogenated alkanes) is 13. The number of carbonyl (C=O) groups is 1. The van der Waals surface area contributed by atoms with E-state index in [0.717, 1.165) is 23.7 Å². The monoisotopic (exact) mass is 371 g/mol. The number of aliphatic carboxylic acids is 1. The van der Waals surface area contributed by atoms with Gasteiger partial charge in [0.2, 0.25) is 0 Å². The lowest BCUT2D eigenvalue weighted by Crippen LogP contribution is -2.35. The summed E-state index contributed by atoms with van der Waals surface area (Å²) >= 11 is 0. The number of nitrogens with zero attached hydrogens (tertiary/aromatic N) is 1. The van der Waals surface area contributed by atoms with Gasteiger partial charge in [-0.15, -0.1) is 0 Å². The third-order valence-corrected chi connectivity index (χ3v) is 4.67. The summed E-state index contributed by atoms with van der Waals surface area (Å²) in [4.78, 5) is 9.76. The zero-order valence-corrected chi connectivity index (χ0v) is 18.8. The van der Waals surface area contributed by atoms with E-state index < -0.39 is 5.97 Å². The molecule has 0 aromatic heterocycles. The highest BCUT2D eigenvalue weighted by atomic mass is 16.4. The summed E-state index contributed by atoms with van der Waals surface area (Å²) < 4.78 is 1.12. The van der Waals surface area contributed by atoms with Crippen molar-refractivity contribution in [2.75, 3.05) is 27.7 Å². The predicted octanol–water partition coefficient (Wildman–Crippen LogP) is 5.71. The van der Waals surface area contributed by atoms with Gasteiger partial charge in [0.1, 0.15) is 0 Å². The van der Waals surface area contributed by atoms with Crippen molar-refractivity contribution in [2.45, 2.75) is 117 Å². The first-order valence-electron chi connectivity index (χ1n) is 11.3. The second-order valence-electron chi connectivity index (χ2n) is 8.73. The zero-order valence-electron chi connectivity index (χ0n) is 18.8. The number of rotatable bonds is 17. The van der Waals surface area contributed by atoms with Crippen molar-refractivity contribution in [1.29, 1.82) is 0 Å². The Morgan fingerprint density at radius 2 is 0.962 bits per heavy atom. The standard InChI is InChI=1S/C17H38N.C6H12O2/c1-5-6-7-8-9-10-11-12-13-14-15-16-17-18(2,3)4;1-2-3-4-5-6(7)8/h5-17H2,1-4H3;2-5H2,1H3,(H,7,8)/q+1;/p-1. The normalized spacial score (nSPS) is 11.1. The van der Waals surface area contributed by atoms with Crippen LogP contribution in [0.5, 0.6) is 0 Å². The third-order valence-electron chi connectivity index (χ3n) is 4.67. The van der Waals surface area contributed by atoms with Gasteiger partial charge >= 0.3 is 0 Å². The van der Waals surface area contributed by atoms with E-state index in [1.807, 2.05) is 6.92 Å². The molecule has 0 unspecified atom stereocenters. The molecule has 0 aliphatic carbocycles. The summed E-state index contributed by atoms with van der Waals surface area (Å²) in [5.41, 5.74) is 0. The molecule has 0 spiro atoms. The second kappa shape index (κ2) is 20.7. The van der Waals surface area contributed by atoms with E-state index in [9.17, 15) is 9.90 Å². The molecule has 0 fully saturated rings. The Kier molecular flexibility index (Phi) is 22.1. The first-order valence-corrected chi connectivity index (χ1v) is 11.3. The van der Waals surface area contributed by atoms with Crippen molar-refractivity contribution in [2.24, 2.45) is 0 Å². The molecule has 0 atom stereocenters. The van der Waals surface area contributed by atoms with Gasteiger partial charge in [-0.05, 0) is 25.7 Å². The van der Waals surface area contributed by atoms with Gasteiger partial charge in [-0.3, -0.25) is 0 Å². The molecule has 0 aliphatic rings. The highest BCUT2D eigenvalue weighted by molar-refractivity contribution is 5.63. The van der Waals surface area contributed by atoms with E-state index in [4.69, 9.17) is 0 Å². The molecule has 3 heteroatoms. The molecule has 0 heterocycles. The predicted molar refractivity (Wildman–Crippen MR) is 113 cm³/mol. The number of hydrogen-bond acceptors (Lipinski definition) is 2. The number of carboxylic acids is 1. The van der Waals surface area contributed by atoms with Gasteiger partial charge in [0, 0.05) is 5.97 Å². The van der Waals surface area contributed by atoms with Crippen molar-refractivity contribution >= 4 is 5.97 Å². The Labute approximate surface area is 165 Å². The molecule has 26 heavy (non-hydrogen) atoms. The van der Waals surface area contributed by atoms with Crippen LogP contribution < -0.4 is 5.11 Å². The molecule has 0 radical (unpaired) electrons. The van der Waals surface area contributed by atoms with Crippen LogP contribution in [0.1, 0.15) is 117 Å². The average molecular weight is 372 g/mol. The average Bonchev–Trinajstić information content (AvgIpc) is 2.55. The van der Waals surface area contributed by atoms with E-state index in [-0.39, 0.29) is 6.42 Å². The molecule has 158 valence electrons. The molecule has 0 N–H and O–H groups in total. The zero-order chi connectivity index (χ0) is 20.1. The number of carbonyl (C=O) groups excluding carboxylic acids is 1. The molecule has 0 aliphatic heterocycles. The molecule has 0 saturated carbocycles. The summed E-state index contributed by atoms with van der Waals surface area (Å²) in [6, 6.07) is 0. The van der Waals surface area contributed by atoms with Crippen LogP contribution in [0, 0.1) is 0 Å². The van der Waals surface area contributed by atoms with Crippen LogP contribution in [0.4, 0.5) is 0 Å². The van der Waals surface area contributed by atoms with Gasteiger partial charge in [-0.2, -0.15) is 0 Å². The smallest absolute Gasteiger partial charge is 0.0780 e. The number of carboxylic acid groups (broad SMARTS) is 1. The Balaban J connectivity index is 0. The van der Waals surface area contributed by atoms with E-state index in [1.165, 1.54) is 83.6 Å². The molecular weight excluding hydrogens is 322 g/mol. The SMILES string of the molecule is CCCCCC(=O)[O-].CCCCCCCCCCCCCC[N+](C)(C)C. The fraction of sp³-hybridized carbons (Fsp3) is 0.957. The number of hydrogen-bond donors (Lipinski definition) is 0. The van der Waals surface area contributed by atoms with Gasteiger partial charge in [-0.1, -0.05) is 90.9 Å². The summed E-state index contributed by atoms with van der Waals surface area (Å²) in [5, 5.41) is 9.76. The first kappa shape index (κ1) is 27.6. The lowest BCUT2D eigenvalue weighted by Gasteiger charge is -2.23. The largest absolute Gasteiger partial charge is 0.550 e. The third kappa shape index (κ3) is 31.2. The van der Waals surface area contributed by atoms with Gasteiger partial charge in [0.15, 0.2) is 0 Å². The maximum absolute atomic E-state index is 9.76. The molecule has 0 rings (SSSR count). The van der Waals surface area contributed by atoms with Crippen LogP contribution in [-0.4, -0.2) is 38.1 Å². The highest BCUT2D eigenvalue weighted by Gasteiger charge is 2.04. The van der Waals surface area contributed by atoms with Crippen molar-refractivity contribution in [3.8, 4) is 0 Å². The molecule has 3 nitrogen and oxygen atoms in total. The molecule has 0 saturated heterocycles. The lowest BCUT2D eigenvalue weighted by molar-refractivity contribution is -0.870. The van der Waals surface area contributed by atoms with Gasteiger partial charge < -0.3 is 14.4 Å².